The summed E-state index contributed by atoms with van der Waals surface area (Å²) in [5.74, 6) is 3.83. The standard InChI is InChI=1S/C29H33NO4/c1-30-25-11-10-22(33-21-5-3-4-6-21)17-23(25)24(29(30)31)14-19-8-12-26(32-2)28(16-19)34-27-15-18-7-9-20(27)13-18/h8,10-12,14,16-18,20-21,27H,3-7,9,13,15H2,1-2H3/b24-14-/t18-,20?,27-/m1/s1. The van der Waals surface area contributed by atoms with Crippen molar-refractivity contribution in [3.8, 4) is 17.2 Å². The van der Waals surface area contributed by atoms with Gasteiger partial charge >= 0.3 is 0 Å². The van der Waals surface area contributed by atoms with Gasteiger partial charge in [0.2, 0.25) is 0 Å². The number of carbonyl (C=O) groups is 1. The number of amides is 1. The third kappa shape index (κ3) is 3.85. The lowest BCUT2D eigenvalue weighted by Crippen LogP contribution is -2.23. The van der Waals surface area contributed by atoms with Crippen molar-refractivity contribution in [3.63, 3.8) is 0 Å². The molecule has 2 aromatic carbocycles. The van der Waals surface area contributed by atoms with Crippen LogP contribution in [0.5, 0.6) is 17.2 Å². The number of benzene rings is 2. The molecule has 3 atom stereocenters. The van der Waals surface area contributed by atoms with Crippen molar-refractivity contribution >= 4 is 23.2 Å². The largest absolute Gasteiger partial charge is 0.493 e. The van der Waals surface area contributed by atoms with E-state index in [0.717, 1.165) is 59.2 Å². The highest BCUT2D eigenvalue weighted by Crippen LogP contribution is 2.47. The fourth-order valence-corrected chi connectivity index (χ4v) is 6.38. The number of methoxy groups -OCH3 is 1. The third-order valence-corrected chi connectivity index (χ3v) is 8.21. The molecule has 3 fully saturated rings. The van der Waals surface area contributed by atoms with Gasteiger partial charge in [0.1, 0.15) is 11.9 Å². The number of carbonyl (C=O) groups excluding carboxylic acids is 1. The fraction of sp³-hybridized carbons (Fsp3) is 0.483. The van der Waals surface area contributed by atoms with E-state index in [4.69, 9.17) is 14.2 Å². The smallest absolute Gasteiger partial charge is 0.258 e. The summed E-state index contributed by atoms with van der Waals surface area (Å²) in [6.07, 6.45) is 12.2. The van der Waals surface area contributed by atoms with E-state index in [0.29, 0.717) is 11.5 Å². The lowest BCUT2D eigenvalue weighted by molar-refractivity contribution is -0.112. The molecule has 6 rings (SSSR count). The summed E-state index contributed by atoms with van der Waals surface area (Å²) < 4.78 is 18.3. The Bertz CT molecular complexity index is 1130. The zero-order chi connectivity index (χ0) is 23.2. The molecule has 5 heteroatoms. The van der Waals surface area contributed by atoms with Gasteiger partial charge < -0.3 is 19.1 Å². The normalized spacial score (nSPS) is 27.0. The van der Waals surface area contributed by atoms with Gasteiger partial charge in [-0.15, -0.1) is 0 Å². The Morgan fingerprint density at radius 3 is 2.53 bits per heavy atom. The first-order valence-corrected chi connectivity index (χ1v) is 12.7. The second-order valence-corrected chi connectivity index (χ2v) is 10.4. The van der Waals surface area contributed by atoms with Crippen molar-refractivity contribution in [2.75, 3.05) is 19.1 Å². The predicted octanol–water partition coefficient (Wildman–Crippen LogP) is 6.10. The third-order valence-electron chi connectivity index (χ3n) is 8.21. The number of hydrogen-bond acceptors (Lipinski definition) is 4. The molecule has 0 spiro atoms. The van der Waals surface area contributed by atoms with Crippen molar-refractivity contribution < 1.29 is 19.0 Å². The Balaban J connectivity index is 1.30. The quantitative estimate of drug-likeness (QED) is 0.490. The Labute approximate surface area is 201 Å². The molecule has 0 saturated heterocycles. The first-order valence-electron chi connectivity index (χ1n) is 12.7. The molecular formula is C29H33NO4. The van der Waals surface area contributed by atoms with E-state index in [1.165, 1.54) is 32.1 Å². The van der Waals surface area contributed by atoms with Crippen LogP contribution >= 0.6 is 0 Å². The number of rotatable bonds is 6. The van der Waals surface area contributed by atoms with Crippen LogP contribution in [0.1, 0.15) is 62.5 Å². The summed E-state index contributed by atoms with van der Waals surface area (Å²) in [5.41, 5.74) is 3.47. The van der Waals surface area contributed by atoms with E-state index in [-0.39, 0.29) is 18.1 Å². The molecule has 2 bridgehead atoms. The van der Waals surface area contributed by atoms with Crippen LogP contribution in [-0.4, -0.2) is 32.3 Å². The Hall–Kier alpha value is -2.95. The van der Waals surface area contributed by atoms with Crippen LogP contribution in [0.25, 0.3) is 11.6 Å². The summed E-state index contributed by atoms with van der Waals surface area (Å²) >= 11 is 0. The maximum Gasteiger partial charge on any atom is 0.258 e. The van der Waals surface area contributed by atoms with Gasteiger partial charge in [0, 0.05) is 18.2 Å². The van der Waals surface area contributed by atoms with Crippen molar-refractivity contribution in [1.82, 2.24) is 0 Å². The second-order valence-electron chi connectivity index (χ2n) is 10.4. The second kappa shape index (κ2) is 8.68. The maximum absolute atomic E-state index is 13.2. The number of hydrogen-bond donors (Lipinski definition) is 0. The van der Waals surface area contributed by atoms with Crippen LogP contribution in [0.4, 0.5) is 5.69 Å². The fourth-order valence-electron chi connectivity index (χ4n) is 6.38. The average Bonchev–Trinajstić information content (AvgIpc) is 3.64. The molecule has 2 aromatic rings. The lowest BCUT2D eigenvalue weighted by atomic mass is 9.97. The van der Waals surface area contributed by atoms with Crippen molar-refractivity contribution in [3.05, 3.63) is 47.5 Å². The summed E-state index contributed by atoms with van der Waals surface area (Å²) in [6, 6.07) is 12.0. The number of ether oxygens (including phenoxy) is 3. The zero-order valence-electron chi connectivity index (χ0n) is 20.1. The van der Waals surface area contributed by atoms with E-state index in [2.05, 4.69) is 0 Å². The Morgan fingerprint density at radius 1 is 0.941 bits per heavy atom. The number of anilines is 1. The van der Waals surface area contributed by atoms with Crippen LogP contribution in [0.15, 0.2) is 36.4 Å². The number of nitrogens with zero attached hydrogens (tertiary/aromatic N) is 1. The molecule has 0 aromatic heterocycles. The van der Waals surface area contributed by atoms with Crippen LogP contribution in [-0.2, 0) is 4.79 Å². The van der Waals surface area contributed by atoms with E-state index < -0.39 is 0 Å². The van der Waals surface area contributed by atoms with Gasteiger partial charge in [-0.1, -0.05) is 6.07 Å². The predicted molar refractivity (Wildman–Crippen MR) is 133 cm³/mol. The molecule has 0 radical (unpaired) electrons. The van der Waals surface area contributed by atoms with Crippen LogP contribution in [0.2, 0.25) is 0 Å². The molecule has 178 valence electrons. The van der Waals surface area contributed by atoms with Gasteiger partial charge in [-0.3, -0.25) is 4.79 Å². The summed E-state index contributed by atoms with van der Waals surface area (Å²) in [5, 5.41) is 0. The van der Waals surface area contributed by atoms with Crippen molar-refractivity contribution in [2.24, 2.45) is 11.8 Å². The number of likely N-dealkylation sites (N-methyl/N-ethyl adjacent to an activating group) is 1. The highest BCUT2D eigenvalue weighted by Gasteiger charge is 2.41. The number of fused-ring (bicyclic) bond motifs is 3. The summed E-state index contributed by atoms with van der Waals surface area (Å²) in [4.78, 5) is 14.9. The van der Waals surface area contributed by atoms with E-state index in [1.54, 1.807) is 12.0 Å². The van der Waals surface area contributed by atoms with Crippen LogP contribution < -0.4 is 19.1 Å². The van der Waals surface area contributed by atoms with E-state index in [1.807, 2.05) is 49.5 Å². The van der Waals surface area contributed by atoms with Gasteiger partial charge in [0.25, 0.3) is 5.91 Å². The summed E-state index contributed by atoms with van der Waals surface area (Å²) in [7, 11) is 3.51. The van der Waals surface area contributed by atoms with E-state index in [9.17, 15) is 4.79 Å². The molecule has 1 heterocycles. The minimum absolute atomic E-state index is 0.000550. The van der Waals surface area contributed by atoms with Crippen LogP contribution in [0.3, 0.4) is 0 Å². The topological polar surface area (TPSA) is 48.0 Å². The summed E-state index contributed by atoms with van der Waals surface area (Å²) in [6.45, 7) is 0. The molecule has 3 saturated carbocycles. The average molecular weight is 460 g/mol. The first kappa shape index (κ1) is 21.6. The van der Waals surface area contributed by atoms with Gasteiger partial charge in [0.15, 0.2) is 11.5 Å². The van der Waals surface area contributed by atoms with Gasteiger partial charge in [-0.25, -0.2) is 0 Å². The van der Waals surface area contributed by atoms with Crippen LogP contribution in [0, 0.1) is 11.8 Å². The molecule has 1 aliphatic heterocycles. The molecule has 0 N–H and O–H groups in total. The minimum Gasteiger partial charge on any atom is -0.493 e. The minimum atomic E-state index is -0.000550. The van der Waals surface area contributed by atoms with Gasteiger partial charge in [0.05, 0.1) is 18.9 Å². The highest BCUT2D eigenvalue weighted by molar-refractivity contribution is 6.35. The Morgan fingerprint density at radius 2 is 1.79 bits per heavy atom. The van der Waals surface area contributed by atoms with Crippen molar-refractivity contribution in [2.45, 2.75) is 63.6 Å². The Kier molecular flexibility index (Phi) is 5.51. The van der Waals surface area contributed by atoms with Crippen molar-refractivity contribution in [1.29, 1.82) is 0 Å². The first-order chi connectivity index (χ1) is 16.6. The zero-order valence-corrected chi connectivity index (χ0v) is 20.1. The SMILES string of the molecule is COc1ccc(/C=C2\C(=O)N(C)c3ccc(OC4CCCC4)cc32)cc1O[C@@H]1C[C@@H]2CCC1C2. The molecule has 4 aliphatic rings. The lowest BCUT2D eigenvalue weighted by Gasteiger charge is -2.24. The molecule has 3 aliphatic carbocycles. The molecule has 1 amide bonds. The van der Waals surface area contributed by atoms with Gasteiger partial charge in [-0.2, -0.15) is 0 Å². The highest BCUT2D eigenvalue weighted by atomic mass is 16.5. The van der Waals surface area contributed by atoms with E-state index >= 15 is 0 Å². The molecular weight excluding hydrogens is 426 g/mol. The van der Waals surface area contributed by atoms with Gasteiger partial charge in [-0.05, 0) is 105 Å². The molecule has 34 heavy (non-hydrogen) atoms. The molecule has 5 nitrogen and oxygen atoms in total. The maximum atomic E-state index is 13.2. The molecule has 1 unspecified atom stereocenters. The monoisotopic (exact) mass is 459 g/mol.